The average Bonchev–Trinajstić information content (AvgIpc) is 2.94. The highest BCUT2D eigenvalue weighted by Crippen LogP contribution is 2.34. The van der Waals surface area contributed by atoms with Crippen LogP contribution in [0.1, 0.15) is 11.1 Å². The van der Waals surface area contributed by atoms with Crippen LogP contribution >= 0.6 is 0 Å². The molecular weight excluding hydrogens is 371 g/mol. The molecule has 1 amide bonds. The second-order valence-corrected chi connectivity index (χ2v) is 6.63. The van der Waals surface area contributed by atoms with Crippen LogP contribution in [0.3, 0.4) is 0 Å². The number of anilines is 1. The van der Waals surface area contributed by atoms with Gasteiger partial charge in [0.2, 0.25) is 0 Å². The lowest BCUT2D eigenvalue weighted by Gasteiger charge is -2.30. The molecule has 0 radical (unpaired) electrons. The first-order chi connectivity index (χ1) is 13.4. The van der Waals surface area contributed by atoms with E-state index in [2.05, 4.69) is 9.89 Å². The minimum atomic E-state index is -4.46. The van der Waals surface area contributed by atoms with Crippen molar-refractivity contribution in [2.45, 2.75) is 6.18 Å². The Kier molecular flexibility index (Phi) is 4.91. The Balaban J connectivity index is 1.68. The summed E-state index contributed by atoms with van der Waals surface area (Å²) >= 11 is 0. The predicted octanol–water partition coefficient (Wildman–Crippen LogP) is 3.46. The quantitative estimate of drug-likeness (QED) is 0.808. The van der Waals surface area contributed by atoms with Crippen molar-refractivity contribution in [3.63, 3.8) is 0 Å². The molecule has 8 heteroatoms. The molecule has 28 heavy (non-hydrogen) atoms. The summed E-state index contributed by atoms with van der Waals surface area (Å²) in [5.41, 5.74) is 0.797. The Morgan fingerprint density at radius 3 is 2.54 bits per heavy atom. The molecule has 0 aromatic heterocycles. The zero-order valence-corrected chi connectivity index (χ0v) is 14.9. The second kappa shape index (κ2) is 7.37. The lowest BCUT2D eigenvalue weighted by molar-refractivity contribution is -0.137. The minimum Gasteiger partial charge on any atom is -0.379 e. The average molecular weight is 389 g/mol. The second-order valence-electron chi connectivity index (χ2n) is 6.63. The predicted molar refractivity (Wildman–Crippen MR) is 98.8 cm³/mol. The molecule has 2 heterocycles. The van der Waals surface area contributed by atoms with Crippen molar-refractivity contribution in [3.8, 4) is 0 Å². The Morgan fingerprint density at radius 2 is 1.79 bits per heavy atom. The summed E-state index contributed by atoms with van der Waals surface area (Å²) in [4.78, 5) is 21.0. The van der Waals surface area contributed by atoms with Gasteiger partial charge in [-0.3, -0.25) is 14.6 Å². The third-order valence-corrected chi connectivity index (χ3v) is 4.76. The van der Waals surface area contributed by atoms with Crippen LogP contribution in [0.15, 0.2) is 53.5 Å². The van der Waals surface area contributed by atoms with Crippen molar-refractivity contribution in [3.05, 3.63) is 59.7 Å². The molecule has 2 aromatic carbocycles. The van der Waals surface area contributed by atoms with E-state index in [9.17, 15) is 18.0 Å². The largest absolute Gasteiger partial charge is 0.416 e. The van der Waals surface area contributed by atoms with E-state index < -0.39 is 11.7 Å². The summed E-state index contributed by atoms with van der Waals surface area (Å²) in [6, 6.07) is 11.9. The van der Waals surface area contributed by atoms with Gasteiger partial charge in [0.25, 0.3) is 5.91 Å². The van der Waals surface area contributed by atoms with Gasteiger partial charge in [0.1, 0.15) is 5.71 Å². The van der Waals surface area contributed by atoms with Gasteiger partial charge in [0.15, 0.2) is 0 Å². The first-order valence-electron chi connectivity index (χ1n) is 8.91. The number of nitrogens with zero attached hydrogens (tertiary/aromatic N) is 3. The van der Waals surface area contributed by atoms with Crippen molar-refractivity contribution < 1.29 is 22.7 Å². The van der Waals surface area contributed by atoms with Gasteiger partial charge in [0.05, 0.1) is 36.8 Å². The van der Waals surface area contributed by atoms with E-state index in [1.54, 1.807) is 17.0 Å². The lowest BCUT2D eigenvalue weighted by atomic mass is 10.1. The Morgan fingerprint density at radius 1 is 1.04 bits per heavy atom. The number of hydrogen-bond donors (Lipinski definition) is 0. The van der Waals surface area contributed by atoms with Gasteiger partial charge in [-0.05, 0) is 24.3 Å². The Bertz CT molecular complexity index is 921. The van der Waals surface area contributed by atoms with Gasteiger partial charge in [-0.2, -0.15) is 13.2 Å². The van der Waals surface area contributed by atoms with Gasteiger partial charge in [0, 0.05) is 18.7 Å². The maximum Gasteiger partial charge on any atom is 0.416 e. The van der Waals surface area contributed by atoms with Crippen LogP contribution in [0, 0.1) is 0 Å². The molecule has 2 aromatic rings. The normalized spacial score (nSPS) is 19.3. The fourth-order valence-corrected chi connectivity index (χ4v) is 3.33. The van der Waals surface area contributed by atoms with Crippen LogP contribution in [-0.2, 0) is 15.7 Å². The van der Waals surface area contributed by atoms with Crippen LogP contribution in [0.4, 0.5) is 24.5 Å². The maximum absolute atomic E-state index is 13.0. The number of halogens is 3. The van der Waals surface area contributed by atoms with Gasteiger partial charge >= 0.3 is 6.18 Å². The summed E-state index contributed by atoms with van der Waals surface area (Å²) < 4.78 is 44.3. The molecule has 1 fully saturated rings. The molecule has 0 bridgehead atoms. The summed E-state index contributed by atoms with van der Waals surface area (Å²) in [5, 5.41) is 0. The molecule has 2 aliphatic rings. The molecule has 146 valence electrons. The topological polar surface area (TPSA) is 45.1 Å². The van der Waals surface area contributed by atoms with Crippen molar-refractivity contribution in [2.24, 2.45) is 4.99 Å². The number of morpholine rings is 1. The van der Waals surface area contributed by atoms with Gasteiger partial charge in [-0.25, -0.2) is 4.99 Å². The Hall–Kier alpha value is -2.71. The third-order valence-electron chi connectivity index (χ3n) is 4.76. The number of benzene rings is 2. The number of rotatable bonds is 3. The van der Waals surface area contributed by atoms with Crippen LogP contribution < -0.4 is 4.90 Å². The van der Waals surface area contributed by atoms with E-state index in [4.69, 9.17) is 4.74 Å². The number of para-hydroxylation sites is 1. The molecule has 1 saturated heterocycles. The highest BCUT2D eigenvalue weighted by atomic mass is 19.4. The van der Waals surface area contributed by atoms with E-state index in [1.807, 2.05) is 12.1 Å². The number of fused-ring (bicyclic) bond motifs is 1. The van der Waals surface area contributed by atoms with Gasteiger partial charge in [-0.1, -0.05) is 24.3 Å². The van der Waals surface area contributed by atoms with Crippen molar-refractivity contribution in [1.82, 2.24) is 4.90 Å². The van der Waals surface area contributed by atoms with E-state index in [0.717, 1.165) is 12.1 Å². The number of amides is 1. The van der Waals surface area contributed by atoms with Crippen molar-refractivity contribution in [2.75, 3.05) is 37.9 Å². The molecule has 4 rings (SSSR count). The number of carbonyl (C=O) groups excluding carboxylic acids is 1. The monoisotopic (exact) mass is 389 g/mol. The Labute approximate surface area is 160 Å². The molecule has 0 atom stereocenters. The molecule has 2 aliphatic heterocycles. The fraction of sp³-hybridized carbons (Fsp3) is 0.300. The van der Waals surface area contributed by atoms with E-state index in [0.29, 0.717) is 44.2 Å². The number of hydrogen-bond acceptors (Lipinski definition) is 4. The standard InChI is InChI=1S/C20H18F3N3O2/c21-20(22,23)14-4-3-5-15(12-14)24-18-16-6-1-2-7-17(16)26(19(18)27)13-25-8-10-28-11-9-25/h1-7,12H,8-11,13H2. The highest BCUT2D eigenvalue weighted by molar-refractivity contribution is 6.54. The number of carbonyl (C=O) groups is 1. The summed E-state index contributed by atoms with van der Waals surface area (Å²) in [6.07, 6.45) is -4.46. The van der Waals surface area contributed by atoms with Crippen LogP contribution in [0.25, 0.3) is 0 Å². The molecule has 0 N–H and O–H groups in total. The van der Waals surface area contributed by atoms with Crippen molar-refractivity contribution >= 4 is 23.0 Å². The molecule has 0 aliphatic carbocycles. The molecule has 0 saturated carbocycles. The third kappa shape index (κ3) is 3.65. The number of alkyl halides is 3. The summed E-state index contributed by atoms with van der Waals surface area (Å²) in [5.74, 6) is -0.315. The molecular formula is C20H18F3N3O2. The maximum atomic E-state index is 13.0. The van der Waals surface area contributed by atoms with E-state index in [1.165, 1.54) is 12.1 Å². The minimum absolute atomic E-state index is 0.0983. The van der Waals surface area contributed by atoms with Crippen LogP contribution in [-0.4, -0.2) is 49.5 Å². The zero-order chi connectivity index (χ0) is 19.7. The molecule has 0 unspecified atom stereocenters. The highest BCUT2D eigenvalue weighted by Gasteiger charge is 2.35. The lowest BCUT2D eigenvalue weighted by Crippen LogP contribution is -2.45. The summed E-state index contributed by atoms with van der Waals surface area (Å²) in [7, 11) is 0. The smallest absolute Gasteiger partial charge is 0.379 e. The van der Waals surface area contributed by atoms with Crippen molar-refractivity contribution in [1.29, 1.82) is 0 Å². The van der Waals surface area contributed by atoms with Gasteiger partial charge < -0.3 is 4.74 Å². The van der Waals surface area contributed by atoms with E-state index in [-0.39, 0.29) is 17.3 Å². The first kappa shape index (κ1) is 18.6. The molecule has 5 nitrogen and oxygen atoms in total. The fourth-order valence-electron chi connectivity index (χ4n) is 3.33. The molecule has 0 spiro atoms. The van der Waals surface area contributed by atoms with Gasteiger partial charge in [-0.15, -0.1) is 0 Å². The first-order valence-corrected chi connectivity index (χ1v) is 8.91. The van der Waals surface area contributed by atoms with E-state index >= 15 is 0 Å². The zero-order valence-electron chi connectivity index (χ0n) is 14.9. The number of ether oxygens (including phenoxy) is 1. The SMILES string of the molecule is O=C1C(=Nc2cccc(C(F)(F)F)c2)c2ccccc2N1CN1CCOCC1. The van der Waals surface area contributed by atoms with Crippen LogP contribution in [0.5, 0.6) is 0 Å². The van der Waals surface area contributed by atoms with Crippen LogP contribution in [0.2, 0.25) is 0 Å². The number of aliphatic imine (C=N–C) groups is 1. The summed E-state index contributed by atoms with van der Waals surface area (Å²) in [6.45, 7) is 3.03.